The van der Waals surface area contributed by atoms with Crippen LogP contribution in [0.1, 0.15) is 24.3 Å². The molecule has 0 spiro atoms. The molecule has 2 atom stereocenters. The Balaban J connectivity index is 1.40. The number of carbonyl (C=O) groups is 1. The highest BCUT2D eigenvalue weighted by molar-refractivity contribution is 5.80. The van der Waals surface area contributed by atoms with Gasteiger partial charge in [0.15, 0.2) is 0 Å². The highest BCUT2D eigenvalue weighted by atomic mass is 16.5. The van der Waals surface area contributed by atoms with E-state index in [2.05, 4.69) is 22.4 Å². The summed E-state index contributed by atoms with van der Waals surface area (Å²) in [5, 5.41) is 4.18. The number of para-hydroxylation sites is 1. The fourth-order valence-electron chi connectivity index (χ4n) is 3.48. The molecule has 0 aliphatic carbocycles. The Kier molecular flexibility index (Phi) is 4.63. The average molecular weight is 349 g/mol. The maximum Gasteiger partial charge on any atom is 0.317 e. The number of nitrogens with zero attached hydrogens (tertiary/aromatic N) is 1. The summed E-state index contributed by atoms with van der Waals surface area (Å²) in [7, 11) is 0. The van der Waals surface area contributed by atoms with Crippen LogP contribution in [0.4, 0.5) is 4.79 Å². The topological polar surface area (TPSA) is 57.4 Å². The molecule has 4 rings (SSSR count). The summed E-state index contributed by atoms with van der Waals surface area (Å²) in [6.45, 7) is 3.65. The zero-order chi connectivity index (χ0) is 17.9. The second-order valence-electron chi connectivity index (χ2n) is 6.79. The van der Waals surface area contributed by atoms with Gasteiger partial charge in [-0.15, -0.1) is 0 Å². The Bertz CT molecular complexity index is 857. The van der Waals surface area contributed by atoms with Gasteiger partial charge >= 0.3 is 6.03 Å². The molecule has 5 heteroatoms. The molecule has 1 aliphatic heterocycles. The summed E-state index contributed by atoms with van der Waals surface area (Å²) >= 11 is 0. The van der Waals surface area contributed by atoms with E-state index in [4.69, 9.17) is 4.74 Å². The molecule has 5 nitrogen and oxygen atoms in total. The number of aromatic amines is 1. The molecule has 1 fully saturated rings. The lowest BCUT2D eigenvalue weighted by molar-refractivity contribution is -0.0657. The number of rotatable bonds is 3. The monoisotopic (exact) mass is 349 g/mol. The Labute approximate surface area is 153 Å². The van der Waals surface area contributed by atoms with Crippen LogP contribution in [0.3, 0.4) is 0 Å². The van der Waals surface area contributed by atoms with Crippen molar-refractivity contribution in [1.82, 2.24) is 15.2 Å². The summed E-state index contributed by atoms with van der Waals surface area (Å²) in [5.41, 5.74) is 3.19. The summed E-state index contributed by atoms with van der Waals surface area (Å²) in [6.07, 6.45) is -0.0773. The number of nitrogens with one attached hydrogen (secondary N) is 2. The minimum atomic E-state index is -0.0845. The van der Waals surface area contributed by atoms with Gasteiger partial charge in [0.1, 0.15) is 6.10 Å². The van der Waals surface area contributed by atoms with E-state index < -0.39 is 0 Å². The van der Waals surface area contributed by atoms with Crippen LogP contribution >= 0.6 is 0 Å². The number of amides is 2. The lowest BCUT2D eigenvalue weighted by atomic mass is 10.1. The second-order valence-corrected chi connectivity index (χ2v) is 6.79. The summed E-state index contributed by atoms with van der Waals surface area (Å²) in [5.74, 6) is 0. The molecule has 1 aromatic heterocycles. The van der Waals surface area contributed by atoms with Gasteiger partial charge in [-0.3, -0.25) is 0 Å². The Hall–Kier alpha value is -2.79. The van der Waals surface area contributed by atoms with E-state index in [1.54, 1.807) is 0 Å². The van der Waals surface area contributed by atoms with Gasteiger partial charge in [-0.25, -0.2) is 4.79 Å². The van der Waals surface area contributed by atoms with Crippen molar-refractivity contribution in [1.29, 1.82) is 0 Å². The van der Waals surface area contributed by atoms with Gasteiger partial charge in [-0.2, -0.15) is 0 Å². The molecule has 1 saturated heterocycles. The van der Waals surface area contributed by atoms with Crippen molar-refractivity contribution < 1.29 is 9.53 Å². The molecular weight excluding hydrogens is 326 g/mol. The fourth-order valence-corrected chi connectivity index (χ4v) is 3.48. The maximum atomic E-state index is 12.7. The minimum absolute atomic E-state index is 0.00721. The first-order valence-corrected chi connectivity index (χ1v) is 8.99. The molecule has 134 valence electrons. The van der Waals surface area contributed by atoms with E-state index in [0.717, 1.165) is 22.2 Å². The van der Waals surface area contributed by atoms with Crippen molar-refractivity contribution in [2.75, 3.05) is 13.1 Å². The van der Waals surface area contributed by atoms with E-state index in [1.165, 1.54) is 0 Å². The lowest BCUT2D eigenvalue weighted by Gasteiger charge is -2.37. The third kappa shape index (κ3) is 3.58. The molecule has 1 aliphatic rings. The van der Waals surface area contributed by atoms with Crippen LogP contribution in [-0.2, 0) is 11.3 Å². The van der Waals surface area contributed by atoms with Gasteiger partial charge < -0.3 is 19.9 Å². The fraction of sp³-hybridized carbons (Fsp3) is 0.286. The predicted molar refractivity (Wildman–Crippen MR) is 102 cm³/mol. The van der Waals surface area contributed by atoms with Crippen molar-refractivity contribution >= 4 is 16.9 Å². The number of hydrogen-bond acceptors (Lipinski definition) is 2. The van der Waals surface area contributed by atoms with Crippen molar-refractivity contribution in [2.24, 2.45) is 0 Å². The highest BCUT2D eigenvalue weighted by Crippen LogP contribution is 2.25. The van der Waals surface area contributed by atoms with Crippen LogP contribution in [0.15, 0.2) is 60.7 Å². The smallest absolute Gasteiger partial charge is 0.317 e. The Morgan fingerprint density at radius 3 is 2.73 bits per heavy atom. The predicted octanol–water partition coefficient (Wildman–Crippen LogP) is 3.84. The Morgan fingerprint density at radius 1 is 1.15 bits per heavy atom. The number of benzene rings is 2. The molecule has 0 saturated carbocycles. The number of hydrogen-bond donors (Lipinski definition) is 2. The average Bonchev–Trinajstić information content (AvgIpc) is 3.09. The molecule has 2 heterocycles. The SMILES string of the molecule is C[C@@H]1CN(C(=O)NCc2cc3ccccc3[nH]2)C[C@@H](c2ccccc2)O1. The van der Waals surface area contributed by atoms with Crippen molar-refractivity contribution in [3.63, 3.8) is 0 Å². The third-order valence-electron chi connectivity index (χ3n) is 4.73. The van der Waals surface area contributed by atoms with E-state index in [1.807, 2.05) is 60.4 Å². The first-order valence-electron chi connectivity index (χ1n) is 8.99. The number of carbonyl (C=O) groups excluding carboxylic acids is 1. The molecule has 2 N–H and O–H groups in total. The zero-order valence-corrected chi connectivity index (χ0v) is 14.8. The first kappa shape index (κ1) is 16.7. The van der Waals surface area contributed by atoms with Crippen molar-refractivity contribution in [3.8, 4) is 0 Å². The number of urea groups is 1. The third-order valence-corrected chi connectivity index (χ3v) is 4.73. The van der Waals surface area contributed by atoms with Crippen molar-refractivity contribution in [3.05, 3.63) is 71.9 Å². The molecular formula is C21H23N3O2. The van der Waals surface area contributed by atoms with E-state index in [9.17, 15) is 4.79 Å². The lowest BCUT2D eigenvalue weighted by Crippen LogP contribution is -2.49. The zero-order valence-electron chi connectivity index (χ0n) is 14.8. The minimum Gasteiger partial charge on any atom is -0.367 e. The molecule has 3 aromatic rings. The van der Waals surface area contributed by atoms with Crippen LogP contribution in [0.25, 0.3) is 10.9 Å². The summed E-state index contributed by atoms with van der Waals surface area (Å²) in [6, 6.07) is 20.2. The van der Waals surface area contributed by atoms with Crippen molar-refractivity contribution in [2.45, 2.75) is 25.7 Å². The Morgan fingerprint density at radius 2 is 1.92 bits per heavy atom. The molecule has 0 unspecified atom stereocenters. The van der Waals surface area contributed by atoms with Crippen LogP contribution in [0.5, 0.6) is 0 Å². The normalized spacial score (nSPS) is 20.3. The number of fused-ring (bicyclic) bond motifs is 1. The quantitative estimate of drug-likeness (QED) is 0.755. The molecule has 0 radical (unpaired) electrons. The first-order chi connectivity index (χ1) is 12.7. The van der Waals surface area contributed by atoms with E-state index >= 15 is 0 Å². The van der Waals surface area contributed by atoms with Crippen LogP contribution in [0, 0.1) is 0 Å². The van der Waals surface area contributed by atoms with Crippen LogP contribution < -0.4 is 5.32 Å². The van der Waals surface area contributed by atoms with Gasteiger partial charge in [-0.05, 0) is 30.0 Å². The van der Waals surface area contributed by atoms with E-state index in [0.29, 0.717) is 19.6 Å². The number of morpholine rings is 1. The van der Waals surface area contributed by atoms with Crippen LogP contribution in [0.2, 0.25) is 0 Å². The molecule has 26 heavy (non-hydrogen) atoms. The van der Waals surface area contributed by atoms with Gasteiger partial charge in [0.2, 0.25) is 0 Å². The largest absolute Gasteiger partial charge is 0.367 e. The second kappa shape index (κ2) is 7.22. The highest BCUT2D eigenvalue weighted by Gasteiger charge is 2.29. The maximum absolute atomic E-state index is 12.7. The molecule has 2 aromatic carbocycles. The number of ether oxygens (including phenoxy) is 1. The van der Waals surface area contributed by atoms with E-state index in [-0.39, 0.29) is 18.2 Å². The number of aromatic nitrogens is 1. The summed E-state index contributed by atoms with van der Waals surface area (Å²) in [4.78, 5) is 17.8. The van der Waals surface area contributed by atoms with Gasteiger partial charge in [-0.1, -0.05) is 48.5 Å². The van der Waals surface area contributed by atoms with Crippen LogP contribution in [-0.4, -0.2) is 35.1 Å². The standard InChI is InChI=1S/C21H23N3O2/c1-15-13-24(14-20(26-15)16-7-3-2-4-8-16)21(25)22-12-18-11-17-9-5-6-10-19(17)23-18/h2-11,15,20,23H,12-14H2,1H3,(H,22,25)/t15-,20+/m1/s1. The molecule has 2 amide bonds. The number of H-pyrrole nitrogens is 1. The van der Waals surface area contributed by atoms with Gasteiger partial charge in [0.05, 0.1) is 19.2 Å². The molecule has 0 bridgehead atoms. The van der Waals surface area contributed by atoms with Gasteiger partial charge in [0.25, 0.3) is 0 Å². The summed E-state index contributed by atoms with van der Waals surface area (Å²) < 4.78 is 6.03. The van der Waals surface area contributed by atoms with Gasteiger partial charge in [0, 0.05) is 17.8 Å².